The predicted octanol–water partition coefficient (Wildman–Crippen LogP) is 5.03. The van der Waals surface area contributed by atoms with Crippen LogP contribution < -0.4 is 19.6 Å². The van der Waals surface area contributed by atoms with Crippen LogP contribution in [0, 0.1) is 6.92 Å². The molecule has 35 heavy (non-hydrogen) atoms. The second-order valence-electron chi connectivity index (χ2n) is 7.96. The Hall–Kier alpha value is -2.49. The average Bonchev–Trinajstić information content (AvgIpc) is 3.10. The van der Waals surface area contributed by atoms with E-state index in [9.17, 15) is 9.59 Å². The fraction of sp³-hybridized carbons (Fsp3) is 0.269. The Labute approximate surface area is 223 Å². The summed E-state index contributed by atoms with van der Waals surface area (Å²) in [6, 6.07) is 11.0. The third-order valence-electron chi connectivity index (χ3n) is 5.52. The Bertz CT molecular complexity index is 1480. The van der Waals surface area contributed by atoms with Gasteiger partial charge in [-0.05, 0) is 88.9 Å². The van der Waals surface area contributed by atoms with Gasteiger partial charge in [0.15, 0.2) is 4.80 Å². The van der Waals surface area contributed by atoms with Crippen molar-refractivity contribution in [2.75, 3.05) is 13.2 Å². The summed E-state index contributed by atoms with van der Waals surface area (Å²) in [6.07, 6.45) is 1.82. The number of hydrogen-bond acceptors (Lipinski definition) is 6. The van der Waals surface area contributed by atoms with E-state index in [0.29, 0.717) is 33.0 Å². The first-order chi connectivity index (χ1) is 16.7. The lowest BCUT2D eigenvalue weighted by molar-refractivity contribution is -0.139. The molecule has 0 amide bonds. The van der Waals surface area contributed by atoms with E-state index in [1.165, 1.54) is 11.3 Å². The number of fused-ring (bicyclic) bond motifs is 1. The van der Waals surface area contributed by atoms with Crippen LogP contribution in [0.25, 0.3) is 6.08 Å². The molecule has 9 heteroatoms. The van der Waals surface area contributed by atoms with Crippen LogP contribution in [0.5, 0.6) is 5.75 Å². The molecular weight excluding hydrogens is 596 g/mol. The Morgan fingerprint density at radius 1 is 1.11 bits per heavy atom. The van der Waals surface area contributed by atoms with Crippen molar-refractivity contribution in [3.05, 3.63) is 93.0 Å². The zero-order valence-electron chi connectivity index (χ0n) is 19.7. The van der Waals surface area contributed by atoms with Crippen LogP contribution in [0.15, 0.2) is 66.4 Å². The highest BCUT2D eigenvalue weighted by molar-refractivity contribution is 9.11. The zero-order chi connectivity index (χ0) is 25.3. The Kier molecular flexibility index (Phi) is 7.78. The van der Waals surface area contributed by atoms with Crippen molar-refractivity contribution >= 4 is 55.2 Å². The highest BCUT2D eigenvalue weighted by atomic mass is 79.9. The molecule has 4 rings (SSSR count). The number of esters is 1. The number of allylic oxidation sites excluding steroid dienone is 1. The van der Waals surface area contributed by atoms with Crippen LogP contribution in [-0.2, 0) is 9.53 Å². The highest BCUT2D eigenvalue weighted by Gasteiger charge is 2.33. The number of ether oxygens (including phenoxy) is 2. The number of benzene rings is 2. The first kappa shape index (κ1) is 25.6. The van der Waals surface area contributed by atoms with Crippen molar-refractivity contribution in [2.24, 2.45) is 4.99 Å². The van der Waals surface area contributed by atoms with Gasteiger partial charge in [-0.2, -0.15) is 0 Å². The molecular formula is C26H24Br2N2O4S. The number of aromatic nitrogens is 1. The maximum atomic E-state index is 13.7. The fourth-order valence-corrected chi connectivity index (χ4v) is 6.45. The molecule has 0 radical (unpaired) electrons. The summed E-state index contributed by atoms with van der Waals surface area (Å²) in [5.41, 5.74) is 3.45. The van der Waals surface area contributed by atoms with E-state index in [0.717, 1.165) is 25.6 Å². The average molecular weight is 620 g/mol. The molecule has 0 N–H and O–H groups in total. The molecule has 2 heterocycles. The number of thiazole rings is 1. The SMILES string of the molecule is CCOC(=O)C1=C(C)N=c2s/c(=C/c3cc(Br)c(OCC)c(Br)c3)c(=O)n2[C@H]1c1ccc(C)cc1. The molecule has 0 bridgehead atoms. The van der Waals surface area contributed by atoms with E-state index in [-0.39, 0.29) is 12.2 Å². The van der Waals surface area contributed by atoms with Gasteiger partial charge in [0.2, 0.25) is 0 Å². The van der Waals surface area contributed by atoms with E-state index in [1.807, 2.05) is 56.3 Å². The zero-order valence-corrected chi connectivity index (χ0v) is 23.7. The summed E-state index contributed by atoms with van der Waals surface area (Å²) in [7, 11) is 0. The first-order valence-electron chi connectivity index (χ1n) is 11.1. The molecule has 6 nitrogen and oxygen atoms in total. The molecule has 0 saturated carbocycles. The third kappa shape index (κ3) is 5.08. The topological polar surface area (TPSA) is 69.9 Å². The standard InChI is InChI=1S/C26H24Br2N2O4S/c1-5-33-23-18(27)11-16(12-19(23)28)13-20-24(31)30-22(17-9-7-14(3)8-10-17)21(25(32)34-6-2)15(4)29-26(30)35-20/h7-13,22H,5-6H2,1-4H3/b20-13+/t22-/m0/s1. The van der Waals surface area contributed by atoms with Gasteiger partial charge in [-0.25, -0.2) is 9.79 Å². The fourth-order valence-electron chi connectivity index (χ4n) is 3.95. The van der Waals surface area contributed by atoms with Crippen molar-refractivity contribution in [1.29, 1.82) is 0 Å². The molecule has 0 unspecified atom stereocenters. The molecule has 0 spiro atoms. The van der Waals surface area contributed by atoms with Gasteiger partial charge in [-0.3, -0.25) is 9.36 Å². The quantitative estimate of drug-likeness (QED) is 0.363. The molecule has 0 fully saturated rings. The molecule has 2 aromatic carbocycles. The minimum Gasteiger partial charge on any atom is -0.492 e. The van der Waals surface area contributed by atoms with Gasteiger partial charge in [0.05, 0.1) is 44.0 Å². The largest absolute Gasteiger partial charge is 0.492 e. The minimum atomic E-state index is -0.619. The van der Waals surface area contributed by atoms with Crippen LogP contribution in [0.1, 0.15) is 43.5 Å². The Balaban J connectivity index is 1.91. The maximum absolute atomic E-state index is 13.7. The van der Waals surface area contributed by atoms with Crippen molar-refractivity contribution in [3.63, 3.8) is 0 Å². The molecule has 0 aliphatic carbocycles. The van der Waals surface area contributed by atoms with Crippen molar-refractivity contribution < 1.29 is 14.3 Å². The van der Waals surface area contributed by atoms with E-state index in [4.69, 9.17) is 9.47 Å². The lowest BCUT2D eigenvalue weighted by atomic mass is 9.95. The van der Waals surface area contributed by atoms with Gasteiger partial charge in [0, 0.05) is 0 Å². The lowest BCUT2D eigenvalue weighted by Crippen LogP contribution is -2.39. The van der Waals surface area contributed by atoms with E-state index in [2.05, 4.69) is 36.9 Å². The van der Waals surface area contributed by atoms with Crippen LogP contribution in [0.4, 0.5) is 0 Å². The number of carbonyl (C=O) groups is 1. The van der Waals surface area contributed by atoms with Gasteiger partial charge in [-0.15, -0.1) is 0 Å². The number of aryl methyl sites for hydroxylation is 1. The normalized spacial score (nSPS) is 15.6. The second-order valence-corrected chi connectivity index (χ2v) is 10.7. The van der Waals surface area contributed by atoms with E-state index in [1.54, 1.807) is 18.4 Å². The van der Waals surface area contributed by atoms with Crippen molar-refractivity contribution in [1.82, 2.24) is 4.57 Å². The maximum Gasteiger partial charge on any atom is 0.338 e. The molecule has 182 valence electrons. The smallest absolute Gasteiger partial charge is 0.338 e. The second kappa shape index (κ2) is 10.6. The van der Waals surface area contributed by atoms with Gasteiger partial charge >= 0.3 is 5.97 Å². The number of hydrogen-bond donors (Lipinski definition) is 0. The molecule has 3 aromatic rings. The first-order valence-corrected chi connectivity index (χ1v) is 13.5. The predicted molar refractivity (Wildman–Crippen MR) is 145 cm³/mol. The van der Waals surface area contributed by atoms with Crippen molar-refractivity contribution in [2.45, 2.75) is 33.7 Å². The summed E-state index contributed by atoms with van der Waals surface area (Å²) >= 11 is 8.39. The number of nitrogens with zero attached hydrogens (tertiary/aromatic N) is 2. The van der Waals surface area contributed by atoms with Crippen LogP contribution in [0.2, 0.25) is 0 Å². The van der Waals surface area contributed by atoms with Crippen molar-refractivity contribution in [3.8, 4) is 5.75 Å². The third-order valence-corrected chi connectivity index (χ3v) is 7.68. The summed E-state index contributed by atoms with van der Waals surface area (Å²) < 4.78 is 14.7. The van der Waals surface area contributed by atoms with Crippen LogP contribution in [0.3, 0.4) is 0 Å². The summed E-state index contributed by atoms with van der Waals surface area (Å²) in [5, 5.41) is 0. The molecule has 1 aliphatic heterocycles. The number of rotatable bonds is 6. The Morgan fingerprint density at radius 2 is 1.77 bits per heavy atom. The van der Waals surface area contributed by atoms with Gasteiger partial charge in [0.1, 0.15) is 5.75 Å². The summed E-state index contributed by atoms with van der Waals surface area (Å²) in [6.45, 7) is 8.24. The number of carbonyl (C=O) groups excluding carboxylic acids is 1. The summed E-state index contributed by atoms with van der Waals surface area (Å²) in [5.74, 6) is 0.244. The molecule has 1 atom stereocenters. The Morgan fingerprint density at radius 3 is 2.37 bits per heavy atom. The van der Waals surface area contributed by atoms with Gasteiger partial charge in [-0.1, -0.05) is 41.2 Å². The molecule has 1 aromatic heterocycles. The van der Waals surface area contributed by atoms with E-state index >= 15 is 0 Å². The molecule has 1 aliphatic rings. The van der Waals surface area contributed by atoms with Crippen LogP contribution in [-0.4, -0.2) is 23.8 Å². The highest BCUT2D eigenvalue weighted by Crippen LogP contribution is 2.35. The van der Waals surface area contributed by atoms with E-state index < -0.39 is 12.0 Å². The monoisotopic (exact) mass is 618 g/mol. The van der Waals surface area contributed by atoms with Gasteiger partial charge < -0.3 is 9.47 Å². The van der Waals surface area contributed by atoms with Crippen LogP contribution >= 0.6 is 43.2 Å². The number of halogens is 2. The minimum absolute atomic E-state index is 0.213. The lowest BCUT2D eigenvalue weighted by Gasteiger charge is -2.24. The molecule has 0 saturated heterocycles. The van der Waals surface area contributed by atoms with Gasteiger partial charge in [0.25, 0.3) is 5.56 Å². The summed E-state index contributed by atoms with van der Waals surface area (Å²) in [4.78, 5) is 31.8.